The minimum atomic E-state index is -0.693. The van der Waals surface area contributed by atoms with Gasteiger partial charge in [-0.15, -0.1) is 11.3 Å². The monoisotopic (exact) mass is 430 g/mol. The van der Waals surface area contributed by atoms with Crippen molar-refractivity contribution in [2.24, 2.45) is 0 Å². The molecule has 1 fully saturated rings. The average molecular weight is 431 g/mol. The Balaban J connectivity index is 2.18. The van der Waals surface area contributed by atoms with Crippen LogP contribution in [-0.4, -0.2) is 68.0 Å². The van der Waals surface area contributed by atoms with Gasteiger partial charge in [0.05, 0.1) is 31.4 Å². The lowest BCUT2D eigenvalue weighted by Gasteiger charge is -2.26. The molecule has 0 aliphatic carbocycles. The summed E-state index contributed by atoms with van der Waals surface area (Å²) in [7, 11) is 6.82. The normalized spacial score (nSPS) is 18.3. The fraction of sp³-hybridized carbons (Fsp3) is 0.364. The number of ketones is 1. The van der Waals surface area contributed by atoms with Crippen LogP contribution in [0.4, 0.5) is 0 Å². The van der Waals surface area contributed by atoms with Crippen molar-refractivity contribution >= 4 is 28.8 Å². The average Bonchev–Trinajstić information content (AvgIpc) is 3.26. The van der Waals surface area contributed by atoms with E-state index in [-0.39, 0.29) is 11.3 Å². The Morgan fingerprint density at radius 1 is 1.20 bits per heavy atom. The van der Waals surface area contributed by atoms with Gasteiger partial charge < -0.3 is 24.4 Å². The van der Waals surface area contributed by atoms with E-state index in [4.69, 9.17) is 9.47 Å². The van der Waals surface area contributed by atoms with Gasteiger partial charge in [0.1, 0.15) is 17.3 Å². The van der Waals surface area contributed by atoms with Crippen molar-refractivity contribution in [1.82, 2.24) is 9.80 Å². The molecule has 0 saturated carbocycles. The first kappa shape index (κ1) is 21.9. The first-order valence-corrected chi connectivity index (χ1v) is 10.4. The van der Waals surface area contributed by atoms with E-state index in [9.17, 15) is 14.7 Å². The Kier molecular flexibility index (Phi) is 6.48. The van der Waals surface area contributed by atoms with Gasteiger partial charge in [0.2, 0.25) is 0 Å². The second-order valence-electron chi connectivity index (χ2n) is 7.33. The molecule has 1 amide bonds. The number of aliphatic hydroxyl groups is 1. The van der Waals surface area contributed by atoms with Crippen molar-refractivity contribution in [3.8, 4) is 11.5 Å². The number of hydrogen-bond acceptors (Lipinski definition) is 7. The number of amides is 1. The van der Waals surface area contributed by atoms with E-state index in [0.29, 0.717) is 30.2 Å². The molecule has 1 aliphatic rings. The molecule has 0 bridgehead atoms. The topological polar surface area (TPSA) is 79.3 Å². The Labute approximate surface area is 180 Å². The van der Waals surface area contributed by atoms with Crippen LogP contribution in [0.25, 0.3) is 5.76 Å². The number of likely N-dealkylation sites (tertiary alicyclic amines) is 1. The fourth-order valence-corrected chi connectivity index (χ4v) is 4.54. The smallest absolute Gasteiger partial charge is 0.295 e. The molecule has 0 radical (unpaired) electrons. The number of thiophene rings is 1. The number of hydrogen-bond donors (Lipinski definition) is 1. The lowest BCUT2D eigenvalue weighted by molar-refractivity contribution is -0.140. The molecule has 1 aromatic carbocycles. The van der Waals surface area contributed by atoms with Crippen LogP contribution in [0.3, 0.4) is 0 Å². The summed E-state index contributed by atoms with van der Waals surface area (Å²) in [5.74, 6) is -0.642. The summed E-state index contributed by atoms with van der Waals surface area (Å²) in [5.41, 5.74) is 1.38. The molecule has 1 N–H and O–H groups in total. The van der Waals surface area contributed by atoms with Crippen LogP contribution in [0.15, 0.2) is 35.2 Å². The number of Topliss-reactive ketones (excluding diaryl/α,β-unsaturated/α-hetero) is 1. The summed E-state index contributed by atoms with van der Waals surface area (Å²) in [6.07, 6.45) is 0. The highest BCUT2D eigenvalue weighted by molar-refractivity contribution is 7.10. The maximum atomic E-state index is 13.0. The molecule has 2 aromatic rings. The van der Waals surface area contributed by atoms with Crippen LogP contribution in [0.2, 0.25) is 0 Å². The molecule has 1 aromatic heterocycles. The minimum absolute atomic E-state index is 0.0766. The van der Waals surface area contributed by atoms with E-state index < -0.39 is 17.7 Å². The van der Waals surface area contributed by atoms with Gasteiger partial charge in [-0.25, -0.2) is 0 Å². The molecule has 0 spiro atoms. The molecule has 1 saturated heterocycles. The number of carbonyl (C=O) groups is 2. The lowest BCUT2D eigenvalue weighted by atomic mass is 9.98. The molecule has 8 heteroatoms. The summed E-state index contributed by atoms with van der Waals surface area (Å²) in [4.78, 5) is 30.3. The number of aryl methyl sites for hydroxylation is 1. The number of benzene rings is 1. The highest BCUT2D eigenvalue weighted by Crippen LogP contribution is 2.43. The zero-order valence-electron chi connectivity index (χ0n) is 17.8. The summed E-state index contributed by atoms with van der Waals surface area (Å²) in [6, 6.07) is 6.23. The van der Waals surface area contributed by atoms with Gasteiger partial charge in [-0.3, -0.25) is 9.59 Å². The second kappa shape index (κ2) is 8.89. The number of ether oxygens (including phenoxy) is 2. The van der Waals surface area contributed by atoms with Crippen molar-refractivity contribution in [3.63, 3.8) is 0 Å². The van der Waals surface area contributed by atoms with Crippen molar-refractivity contribution in [2.45, 2.75) is 13.0 Å². The van der Waals surface area contributed by atoms with Gasteiger partial charge in [-0.1, -0.05) is 0 Å². The number of aliphatic hydroxyl groups excluding tert-OH is 1. The van der Waals surface area contributed by atoms with E-state index >= 15 is 0 Å². The van der Waals surface area contributed by atoms with Gasteiger partial charge in [-0.05, 0) is 50.2 Å². The Hall–Kier alpha value is -2.84. The Bertz CT molecular complexity index is 995. The van der Waals surface area contributed by atoms with E-state index in [1.165, 1.54) is 25.6 Å². The standard InChI is InChI=1S/C22H26N2O5S/c1-13-8-11-30-21(13)18-17(20(26)22(27)24(18)10-9-23(2)3)19(25)15-7-6-14(28-4)12-16(15)29-5/h6-8,11-12,18,25H,9-10H2,1-5H3/b19-17+. The van der Waals surface area contributed by atoms with Crippen molar-refractivity contribution in [2.75, 3.05) is 41.4 Å². The summed E-state index contributed by atoms with van der Waals surface area (Å²) in [5, 5.41) is 13.1. The highest BCUT2D eigenvalue weighted by Gasteiger charge is 2.47. The lowest BCUT2D eigenvalue weighted by Crippen LogP contribution is -2.35. The second-order valence-corrected chi connectivity index (χ2v) is 8.28. The number of likely N-dealkylation sites (N-methyl/N-ethyl adjacent to an activating group) is 1. The third kappa shape index (κ3) is 3.93. The predicted octanol–water partition coefficient (Wildman–Crippen LogP) is 3.06. The molecule has 7 nitrogen and oxygen atoms in total. The first-order chi connectivity index (χ1) is 14.3. The molecular formula is C22H26N2O5S. The van der Waals surface area contributed by atoms with Crippen molar-refractivity contribution in [3.05, 3.63) is 51.2 Å². The zero-order chi connectivity index (χ0) is 22.0. The van der Waals surface area contributed by atoms with Crippen LogP contribution in [0, 0.1) is 6.92 Å². The quantitative estimate of drug-likeness (QED) is 0.413. The SMILES string of the molecule is COc1ccc(/C(O)=C2\C(=O)C(=O)N(CCN(C)C)C2c2sccc2C)c(OC)c1. The zero-order valence-corrected chi connectivity index (χ0v) is 18.6. The van der Waals surface area contributed by atoms with Gasteiger partial charge in [-0.2, -0.15) is 0 Å². The molecule has 1 unspecified atom stereocenters. The van der Waals surface area contributed by atoms with Crippen molar-refractivity contribution < 1.29 is 24.2 Å². The number of nitrogens with zero attached hydrogens (tertiary/aromatic N) is 2. The maximum Gasteiger partial charge on any atom is 0.295 e. The van der Waals surface area contributed by atoms with Gasteiger partial charge in [0.15, 0.2) is 0 Å². The molecule has 3 rings (SSSR count). The molecule has 1 aliphatic heterocycles. The highest BCUT2D eigenvalue weighted by atomic mass is 32.1. The van der Waals surface area contributed by atoms with Gasteiger partial charge in [0.25, 0.3) is 11.7 Å². The Morgan fingerprint density at radius 3 is 2.50 bits per heavy atom. The number of carbonyl (C=O) groups excluding carboxylic acids is 2. The van der Waals surface area contributed by atoms with E-state index in [0.717, 1.165) is 10.4 Å². The minimum Gasteiger partial charge on any atom is -0.507 e. The summed E-state index contributed by atoms with van der Waals surface area (Å²) >= 11 is 1.47. The molecule has 2 heterocycles. The molecule has 160 valence electrons. The first-order valence-electron chi connectivity index (χ1n) is 9.49. The van der Waals surface area contributed by atoms with E-state index in [1.54, 1.807) is 23.1 Å². The van der Waals surface area contributed by atoms with Crippen molar-refractivity contribution in [1.29, 1.82) is 0 Å². The number of rotatable bonds is 7. The summed E-state index contributed by atoms with van der Waals surface area (Å²) < 4.78 is 10.6. The van der Waals surface area contributed by atoms with Crippen LogP contribution >= 0.6 is 11.3 Å². The van der Waals surface area contributed by atoms with Crippen LogP contribution < -0.4 is 9.47 Å². The van der Waals surface area contributed by atoms with Gasteiger partial charge >= 0.3 is 0 Å². The van der Waals surface area contributed by atoms with Crippen LogP contribution in [-0.2, 0) is 9.59 Å². The fourth-order valence-electron chi connectivity index (χ4n) is 3.49. The molecular weight excluding hydrogens is 404 g/mol. The molecule has 30 heavy (non-hydrogen) atoms. The van der Waals surface area contributed by atoms with E-state index in [2.05, 4.69) is 0 Å². The van der Waals surface area contributed by atoms with E-state index in [1.807, 2.05) is 37.4 Å². The third-order valence-corrected chi connectivity index (χ3v) is 6.21. The van der Waals surface area contributed by atoms with Gasteiger partial charge in [0, 0.05) is 24.0 Å². The van der Waals surface area contributed by atoms with Crippen LogP contribution in [0.5, 0.6) is 11.5 Å². The number of methoxy groups -OCH3 is 2. The third-order valence-electron chi connectivity index (χ3n) is 5.14. The Morgan fingerprint density at radius 2 is 1.93 bits per heavy atom. The molecule has 1 atom stereocenters. The maximum absolute atomic E-state index is 13.0. The largest absolute Gasteiger partial charge is 0.507 e. The summed E-state index contributed by atoms with van der Waals surface area (Å²) in [6.45, 7) is 2.90. The van der Waals surface area contributed by atoms with Crippen LogP contribution in [0.1, 0.15) is 22.0 Å². The predicted molar refractivity (Wildman–Crippen MR) is 116 cm³/mol.